The van der Waals surface area contributed by atoms with Gasteiger partial charge in [-0.15, -0.1) is 0 Å². The summed E-state index contributed by atoms with van der Waals surface area (Å²) < 4.78 is 24.3. The monoisotopic (exact) mass is 275 g/mol. The van der Waals surface area contributed by atoms with E-state index in [2.05, 4.69) is 9.62 Å². The van der Waals surface area contributed by atoms with E-state index in [1.807, 2.05) is 0 Å². The second-order valence-corrected chi connectivity index (χ2v) is 7.07. The van der Waals surface area contributed by atoms with Crippen LogP contribution in [-0.4, -0.2) is 39.0 Å². The van der Waals surface area contributed by atoms with Crippen molar-refractivity contribution in [2.75, 3.05) is 19.6 Å². The van der Waals surface area contributed by atoms with Crippen LogP contribution < -0.4 is 9.86 Å². The highest BCUT2D eigenvalue weighted by Gasteiger charge is 2.27. The molecule has 1 atom stereocenters. The second kappa shape index (κ2) is 6.32. The van der Waals surface area contributed by atoms with Gasteiger partial charge in [0.1, 0.15) is 0 Å². The molecule has 2 aliphatic rings. The van der Waals surface area contributed by atoms with E-state index in [-0.39, 0.29) is 0 Å². The van der Waals surface area contributed by atoms with Gasteiger partial charge >= 0.3 is 0 Å². The van der Waals surface area contributed by atoms with Crippen LogP contribution in [0.25, 0.3) is 0 Å². The van der Waals surface area contributed by atoms with Crippen molar-refractivity contribution in [2.45, 2.75) is 51.0 Å². The standard InChI is InChI=1S/C12H25N3O2S/c13-18(16,17)14-9-12-7-4-8-15(12)10-11-5-2-1-3-6-11/h11-12,14H,1-10H2,(H2,13,16,17). The number of likely N-dealkylation sites (tertiary alicyclic amines) is 1. The van der Waals surface area contributed by atoms with Crippen molar-refractivity contribution in [1.29, 1.82) is 0 Å². The molecule has 1 saturated heterocycles. The normalized spacial score (nSPS) is 27.7. The van der Waals surface area contributed by atoms with Gasteiger partial charge in [-0.3, -0.25) is 4.90 Å². The molecule has 1 aliphatic carbocycles. The van der Waals surface area contributed by atoms with Gasteiger partial charge in [0, 0.05) is 19.1 Å². The van der Waals surface area contributed by atoms with E-state index in [9.17, 15) is 8.42 Å². The molecular weight excluding hydrogens is 250 g/mol. The van der Waals surface area contributed by atoms with Crippen LogP contribution in [0.2, 0.25) is 0 Å². The SMILES string of the molecule is NS(=O)(=O)NCC1CCCN1CC1CCCCC1. The minimum Gasteiger partial charge on any atom is -0.299 e. The van der Waals surface area contributed by atoms with Gasteiger partial charge < -0.3 is 0 Å². The first kappa shape index (κ1) is 14.2. The average molecular weight is 275 g/mol. The van der Waals surface area contributed by atoms with Gasteiger partial charge in [-0.05, 0) is 38.1 Å². The zero-order valence-electron chi connectivity index (χ0n) is 11.0. The Kier molecular flexibility index (Phi) is 5.00. The topological polar surface area (TPSA) is 75.4 Å². The van der Waals surface area contributed by atoms with E-state index in [1.165, 1.54) is 38.5 Å². The Morgan fingerprint density at radius 2 is 1.83 bits per heavy atom. The maximum Gasteiger partial charge on any atom is 0.274 e. The lowest BCUT2D eigenvalue weighted by Gasteiger charge is -2.30. The predicted octanol–water partition coefficient (Wildman–Crippen LogP) is 0.824. The number of nitrogens with one attached hydrogen (secondary N) is 1. The van der Waals surface area contributed by atoms with Gasteiger partial charge in [0.2, 0.25) is 0 Å². The molecule has 0 spiro atoms. The smallest absolute Gasteiger partial charge is 0.274 e. The fraction of sp³-hybridized carbons (Fsp3) is 1.00. The lowest BCUT2D eigenvalue weighted by atomic mass is 9.89. The van der Waals surface area contributed by atoms with E-state index in [1.54, 1.807) is 0 Å². The summed E-state index contributed by atoms with van der Waals surface area (Å²) in [5, 5.41) is 4.99. The fourth-order valence-corrected chi connectivity index (χ4v) is 3.71. The van der Waals surface area contributed by atoms with E-state index < -0.39 is 10.2 Å². The largest absolute Gasteiger partial charge is 0.299 e. The van der Waals surface area contributed by atoms with Crippen molar-refractivity contribution in [3.63, 3.8) is 0 Å². The highest BCUT2D eigenvalue weighted by Crippen LogP contribution is 2.27. The maximum absolute atomic E-state index is 10.9. The van der Waals surface area contributed by atoms with Gasteiger partial charge in [0.15, 0.2) is 0 Å². The van der Waals surface area contributed by atoms with E-state index in [0.717, 1.165) is 25.4 Å². The summed E-state index contributed by atoms with van der Waals surface area (Å²) in [6.45, 7) is 2.70. The Bertz CT molecular complexity index is 352. The number of nitrogens with two attached hydrogens (primary N) is 1. The Balaban J connectivity index is 1.79. The van der Waals surface area contributed by atoms with E-state index >= 15 is 0 Å². The molecule has 0 aromatic rings. The van der Waals surface area contributed by atoms with Crippen molar-refractivity contribution in [2.24, 2.45) is 11.1 Å². The van der Waals surface area contributed by atoms with Crippen molar-refractivity contribution in [3.05, 3.63) is 0 Å². The van der Waals surface area contributed by atoms with Crippen LogP contribution in [-0.2, 0) is 10.2 Å². The van der Waals surface area contributed by atoms with E-state index in [4.69, 9.17) is 5.14 Å². The number of hydrogen-bond acceptors (Lipinski definition) is 3. The van der Waals surface area contributed by atoms with Crippen LogP contribution >= 0.6 is 0 Å². The molecule has 3 N–H and O–H groups in total. The third-order valence-corrected chi connectivity index (χ3v) is 4.81. The Hall–Kier alpha value is -0.170. The van der Waals surface area contributed by atoms with Gasteiger partial charge in [-0.1, -0.05) is 19.3 Å². The van der Waals surface area contributed by atoms with Gasteiger partial charge in [-0.25, -0.2) is 9.86 Å². The van der Waals surface area contributed by atoms with Crippen molar-refractivity contribution in [3.8, 4) is 0 Å². The molecule has 0 amide bonds. The first-order chi connectivity index (χ1) is 8.54. The summed E-state index contributed by atoms with van der Waals surface area (Å²) >= 11 is 0. The fourth-order valence-electron chi connectivity index (χ4n) is 3.28. The molecule has 6 heteroatoms. The molecule has 0 aromatic heterocycles. The summed E-state index contributed by atoms with van der Waals surface area (Å²) in [7, 11) is -3.54. The molecular formula is C12H25N3O2S. The van der Waals surface area contributed by atoms with Crippen LogP contribution in [0.4, 0.5) is 0 Å². The second-order valence-electron chi connectivity index (χ2n) is 5.69. The molecule has 1 saturated carbocycles. The number of nitrogens with zero attached hydrogens (tertiary/aromatic N) is 1. The third-order valence-electron chi connectivity index (χ3n) is 4.24. The molecule has 1 unspecified atom stereocenters. The van der Waals surface area contributed by atoms with Crippen molar-refractivity contribution in [1.82, 2.24) is 9.62 Å². The zero-order valence-corrected chi connectivity index (χ0v) is 11.8. The first-order valence-corrected chi connectivity index (χ1v) is 8.60. The van der Waals surface area contributed by atoms with Crippen LogP contribution in [0.5, 0.6) is 0 Å². The first-order valence-electron chi connectivity index (χ1n) is 7.06. The van der Waals surface area contributed by atoms with Crippen LogP contribution in [0, 0.1) is 5.92 Å². The zero-order chi connectivity index (χ0) is 13.0. The summed E-state index contributed by atoms with van der Waals surface area (Å²) in [6, 6.07) is 0.338. The molecule has 0 bridgehead atoms. The number of hydrogen-bond donors (Lipinski definition) is 2. The quantitative estimate of drug-likeness (QED) is 0.780. The lowest BCUT2D eigenvalue weighted by molar-refractivity contribution is 0.188. The minimum atomic E-state index is -3.54. The molecule has 2 rings (SSSR count). The molecule has 2 fully saturated rings. The van der Waals surface area contributed by atoms with Crippen LogP contribution in [0.3, 0.4) is 0 Å². The Morgan fingerprint density at radius 1 is 1.11 bits per heavy atom. The van der Waals surface area contributed by atoms with E-state index in [0.29, 0.717) is 12.6 Å². The molecule has 18 heavy (non-hydrogen) atoms. The predicted molar refractivity (Wildman–Crippen MR) is 72.3 cm³/mol. The third kappa shape index (κ3) is 4.50. The molecule has 0 aromatic carbocycles. The summed E-state index contributed by atoms with van der Waals surface area (Å²) in [5.74, 6) is 0.814. The molecule has 1 aliphatic heterocycles. The summed E-state index contributed by atoms with van der Waals surface area (Å²) in [4.78, 5) is 2.45. The summed E-state index contributed by atoms with van der Waals surface area (Å²) in [6.07, 6.45) is 9.03. The highest BCUT2D eigenvalue weighted by atomic mass is 32.2. The van der Waals surface area contributed by atoms with Gasteiger partial charge in [0.05, 0.1) is 0 Å². The lowest BCUT2D eigenvalue weighted by Crippen LogP contribution is -2.44. The summed E-state index contributed by atoms with van der Waals surface area (Å²) in [5.41, 5.74) is 0. The maximum atomic E-state index is 10.9. The minimum absolute atomic E-state index is 0.338. The highest BCUT2D eigenvalue weighted by molar-refractivity contribution is 7.87. The van der Waals surface area contributed by atoms with Gasteiger partial charge in [0.25, 0.3) is 10.2 Å². The van der Waals surface area contributed by atoms with Crippen molar-refractivity contribution >= 4 is 10.2 Å². The average Bonchev–Trinajstić information content (AvgIpc) is 2.74. The van der Waals surface area contributed by atoms with Crippen LogP contribution in [0.15, 0.2) is 0 Å². The Morgan fingerprint density at radius 3 is 2.50 bits per heavy atom. The van der Waals surface area contributed by atoms with Gasteiger partial charge in [-0.2, -0.15) is 8.42 Å². The molecule has 5 nitrogen and oxygen atoms in total. The molecule has 1 heterocycles. The van der Waals surface area contributed by atoms with Crippen LogP contribution in [0.1, 0.15) is 44.9 Å². The Labute approximate surface area is 110 Å². The molecule has 106 valence electrons. The molecule has 0 radical (unpaired) electrons. The number of rotatable bonds is 5. The van der Waals surface area contributed by atoms with Crippen molar-refractivity contribution < 1.29 is 8.42 Å².